The molecule has 1 aromatic rings. The maximum absolute atomic E-state index is 11.9. The van der Waals surface area contributed by atoms with E-state index >= 15 is 0 Å². The van der Waals surface area contributed by atoms with E-state index in [1.54, 1.807) is 19.9 Å². The van der Waals surface area contributed by atoms with Crippen molar-refractivity contribution in [3.8, 4) is 0 Å². The minimum Gasteiger partial charge on any atom is -0.296 e. The van der Waals surface area contributed by atoms with E-state index in [9.17, 15) is 4.57 Å². The Bertz CT molecular complexity index is 377. The van der Waals surface area contributed by atoms with E-state index in [1.807, 2.05) is 6.07 Å². The molecule has 0 aliphatic rings. The zero-order valence-corrected chi connectivity index (χ0v) is 12.1. The largest absolute Gasteiger partial charge is 0.428 e. The second kappa shape index (κ2) is 7.48. The third-order valence-corrected chi connectivity index (χ3v) is 4.37. The maximum Gasteiger partial charge on any atom is 0.428 e. The minimum absolute atomic E-state index is 0.252. The van der Waals surface area contributed by atoms with Gasteiger partial charge in [-0.1, -0.05) is 11.6 Å². The van der Waals surface area contributed by atoms with Gasteiger partial charge in [-0.15, -0.1) is 16.6 Å². The zero-order chi connectivity index (χ0) is 12.7. The zero-order valence-electron chi connectivity index (χ0n) is 9.64. The fourth-order valence-electron chi connectivity index (χ4n) is 1.04. The van der Waals surface area contributed by atoms with Gasteiger partial charge in [-0.05, 0) is 26.0 Å². The summed E-state index contributed by atoms with van der Waals surface area (Å²) in [5.41, 5.74) is 0. The van der Waals surface area contributed by atoms with E-state index in [-0.39, 0.29) is 19.8 Å². The van der Waals surface area contributed by atoms with Crippen LogP contribution < -0.4 is 5.25 Å². The van der Waals surface area contributed by atoms with E-state index in [0.29, 0.717) is 4.34 Å². The first-order chi connectivity index (χ1) is 8.09. The van der Waals surface area contributed by atoms with E-state index in [0.717, 1.165) is 4.88 Å². The summed E-state index contributed by atoms with van der Waals surface area (Å²) in [7, 11) is -3.35. The highest BCUT2D eigenvalue weighted by atomic mass is 35.5. The summed E-state index contributed by atoms with van der Waals surface area (Å²) in [4.78, 5) is 6.01. The van der Waals surface area contributed by atoms with E-state index in [2.05, 4.69) is 5.25 Å². The molecule has 0 bridgehead atoms. The molecule has 8 heteroatoms. The van der Waals surface area contributed by atoms with Crippen LogP contribution in [0.25, 0.3) is 0 Å². The van der Waals surface area contributed by atoms with Crippen molar-refractivity contribution < 1.29 is 18.5 Å². The quantitative estimate of drug-likeness (QED) is 0.587. The summed E-state index contributed by atoms with van der Waals surface area (Å²) in [5.74, 6) is 0. The van der Waals surface area contributed by atoms with Gasteiger partial charge in [-0.2, -0.15) is 0 Å². The lowest BCUT2D eigenvalue weighted by molar-refractivity contribution is 0.0480. The first kappa shape index (κ1) is 15.1. The fraction of sp³-hybridized carbons (Fsp3) is 0.556. The Morgan fingerprint density at radius 1 is 1.35 bits per heavy atom. The summed E-state index contributed by atoms with van der Waals surface area (Å²) >= 11 is 7.16. The summed E-state index contributed by atoms with van der Waals surface area (Å²) in [6.07, 6.45) is 0. The SMILES string of the molecule is CCOP(=O)(NOCc1ccc(Cl)s1)OCC. The van der Waals surface area contributed by atoms with Gasteiger partial charge in [0.15, 0.2) is 0 Å². The summed E-state index contributed by atoms with van der Waals surface area (Å²) in [6.45, 7) is 4.26. The Morgan fingerprint density at radius 3 is 2.47 bits per heavy atom. The van der Waals surface area contributed by atoms with Crippen LogP contribution in [0.3, 0.4) is 0 Å². The van der Waals surface area contributed by atoms with Crippen LogP contribution in [0.15, 0.2) is 12.1 Å². The smallest absolute Gasteiger partial charge is 0.296 e. The van der Waals surface area contributed by atoms with Gasteiger partial charge in [-0.3, -0.25) is 13.9 Å². The fourth-order valence-corrected chi connectivity index (χ4v) is 3.12. The third kappa shape index (κ3) is 5.48. The average molecular weight is 300 g/mol. The number of hydrogen-bond acceptors (Lipinski definition) is 5. The third-order valence-electron chi connectivity index (χ3n) is 1.62. The van der Waals surface area contributed by atoms with E-state index < -0.39 is 7.75 Å². The molecule has 1 rings (SSSR count). The molecule has 1 N–H and O–H groups in total. The van der Waals surface area contributed by atoms with Crippen molar-refractivity contribution in [1.82, 2.24) is 5.25 Å². The van der Waals surface area contributed by atoms with Crippen LogP contribution in [0.2, 0.25) is 4.34 Å². The Hall–Kier alpha value is 0.0600. The number of hydrogen-bond donors (Lipinski definition) is 1. The molecule has 0 aliphatic carbocycles. The van der Waals surface area contributed by atoms with Gasteiger partial charge in [0.2, 0.25) is 0 Å². The molecule has 0 radical (unpaired) electrons. The molecule has 0 atom stereocenters. The van der Waals surface area contributed by atoms with E-state index in [1.165, 1.54) is 11.3 Å². The van der Waals surface area contributed by atoms with Crippen molar-refractivity contribution >= 4 is 30.7 Å². The molecular formula is C9H15ClNO4PS. The monoisotopic (exact) mass is 299 g/mol. The van der Waals surface area contributed by atoms with Crippen molar-refractivity contribution in [3.05, 3.63) is 21.3 Å². The lowest BCUT2D eigenvalue weighted by Gasteiger charge is -2.16. The maximum atomic E-state index is 11.9. The standard InChI is InChI=1S/C9H15ClNO4PS/c1-3-14-16(12,15-4-2)11-13-7-8-5-6-9(10)17-8/h5-6H,3-4,7H2,1-2H3,(H,11,12). The molecule has 0 amide bonds. The van der Waals surface area contributed by atoms with E-state index in [4.69, 9.17) is 25.5 Å². The van der Waals surface area contributed by atoms with Crippen LogP contribution in [0.4, 0.5) is 0 Å². The normalized spacial score (nSPS) is 11.9. The lowest BCUT2D eigenvalue weighted by atomic mass is 10.5. The second-order valence-electron chi connectivity index (χ2n) is 2.92. The molecule has 5 nitrogen and oxygen atoms in total. The molecule has 0 saturated heterocycles. The number of nitrogens with one attached hydrogen (secondary N) is 1. The van der Waals surface area contributed by atoms with Crippen LogP contribution >= 0.6 is 30.7 Å². The summed E-state index contributed by atoms with van der Waals surface area (Å²) in [5, 5.41) is 2.33. The highest BCUT2D eigenvalue weighted by Crippen LogP contribution is 2.43. The first-order valence-electron chi connectivity index (χ1n) is 5.12. The van der Waals surface area contributed by atoms with Crippen molar-refractivity contribution in [3.63, 3.8) is 0 Å². The number of halogens is 1. The summed E-state index contributed by atoms with van der Waals surface area (Å²) < 4.78 is 22.6. The van der Waals surface area contributed by atoms with Gasteiger partial charge < -0.3 is 0 Å². The molecule has 1 heterocycles. The molecule has 1 aromatic heterocycles. The van der Waals surface area contributed by atoms with Gasteiger partial charge in [-0.25, -0.2) is 4.57 Å². The topological polar surface area (TPSA) is 56.8 Å². The van der Waals surface area contributed by atoms with Crippen molar-refractivity contribution in [2.45, 2.75) is 20.5 Å². The van der Waals surface area contributed by atoms with Crippen LogP contribution in [0.1, 0.15) is 18.7 Å². The van der Waals surface area contributed by atoms with Crippen molar-refractivity contribution in [1.29, 1.82) is 0 Å². The number of rotatable bonds is 8. The average Bonchev–Trinajstić information content (AvgIpc) is 2.65. The molecule has 0 saturated carbocycles. The van der Waals surface area contributed by atoms with Gasteiger partial charge in [0.25, 0.3) is 0 Å². The van der Waals surface area contributed by atoms with Crippen molar-refractivity contribution in [2.24, 2.45) is 0 Å². The Morgan fingerprint density at radius 2 is 2.00 bits per heavy atom. The first-order valence-corrected chi connectivity index (χ1v) is 7.85. The highest BCUT2D eigenvalue weighted by Gasteiger charge is 2.23. The van der Waals surface area contributed by atoms with Crippen LogP contribution in [-0.2, 0) is 25.1 Å². The van der Waals surface area contributed by atoms with Gasteiger partial charge in [0.1, 0.15) is 6.61 Å². The number of thiophene rings is 1. The van der Waals surface area contributed by atoms with Crippen molar-refractivity contribution in [2.75, 3.05) is 13.2 Å². The molecule has 0 aromatic carbocycles. The Labute approximate surface area is 110 Å². The van der Waals surface area contributed by atoms with Crippen LogP contribution in [0, 0.1) is 0 Å². The molecule has 0 spiro atoms. The molecule has 98 valence electrons. The molecule has 0 fully saturated rings. The Balaban J connectivity index is 2.39. The predicted molar refractivity (Wildman–Crippen MR) is 68.1 cm³/mol. The van der Waals surface area contributed by atoms with Gasteiger partial charge in [0, 0.05) is 4.88 Å². The van der Waals surface area contributed by atoms with Gasteiger partial charge in [0.05, 0.1) is 17.6 Å². The van der Waals surface area contributed by atoms with Gasteiger partial charge >= 0.3 is 7.75 Å². The molecule has 0 aliphatic heterocycles. The lowest BCUT2D eigenvalue weighted by Crippen LogP contribution is -2.15. The van der Waals surface area contributed by atoms with Crippen LogP contribution in [-0.4, -0.2) is 13.2 Å². The Kier molecular flexibility index (Phi) is 6.66. The predicted octanol–water partition coefficient (Wildman–Crippen LogP) is 3.60. The second-order valence-corrected chi connectivity index (χ2v) is 6.41. The minimum atomic E-state index is -3.35. The highest BCUT2D eigenvalue weighted by molar-refractivity contribution is 7.51. The molecule has 17 heavy (non-hydrogen) atoms. The molecule has 0 unspecified atom stereocenters. The van der Waals surface area contributed by atoms with Crippen LogP contribution in [0.5, 0.6) is 0 Å². The molecular weight excluding hydrogens is 285 g/mol. The summed E-state index contributed by atoms with van der Waals surface area (Å²) in [6, 6.07) is 3.61.